The number of rotatable bonds is 7. The molecule has 1 aromatic carbocycles. The first-order valence-electron chi connectivity index (χ1n) is 8.03. The van der Waals surface area contributed by atoms with Gasteiger partial charge in [-0.1, -0.05) is 46.2 Å². The summed E-state index contributed by atoms with van der Waals surface area (Å²) in [5.41, 5.74) is 3.18. The lowest BCUT2D eigenvalue weighted by Crippen LogP contribution is -2.18. The zero-order valence-electron chi connectivity index (χ0n) is 15.1. The second kappa shape index (κ2) is 8.13. The van der Waals surface area contributed by atoms with Gasteiger partial charge < -0.3 is 14.3 Å². The van der Waals surface area contributed by atoms with E-state index in [0.29, 0.717) is 6.61 Å². The van der Waals surface area contributed by atoms with Crippen molar-refractivity contribution in [2.75, 3.05) is 7.11 Å². The summed E-state index contributed by atoms with van der Waals surface area (Å²) in [6.07, 6.45) is 1.19. The van der Waals surface area contributed by atoms with Gasteiger partial charge in [0.05, 0.1) is 19.8 Å². The van der Waals surface area contributed by atoms with Crippen molar-refractivity contribution >= 4 is 9.04 Å². The molecule has 22 heavy (non-hydrogen) atoms. The number of hydrogen-bond acceptors (Lipinski definition) is 3. The Morgan fingerprint density at radius 3 is 2.32 bits per heavy atom. The summed E-state index contributed by atoms with van der Waals surface area (Å²) in [7, 11) is 0.899. The van der Waals surface area contributed by atoms with Gasteiger partial charge in [-0.15, -0.1) is 0 Å². The average molecular weight is 324 g/mol. The molecule has 1 radical (unpaired) electrons. The van der Waals surface area contributed by atoms with E-state index in [4.69, 9.17) is 9.16 Å². The fourth-order valence-corrected chi connectivity index (χ4v) is 3.07. The minimum Gasteiger partial charge on any atom is -0.496 e. The molecule has 0 amide bonds. The first-order chi connectivity index (χ1) is 10.2. The number of aliphatic hydroxyl groups is 1. The van der Waals surface area contributed by atoms with Crippen LogP contribution in [0.5, 0.6) is 5.75 Å². The van der Waals surface area contributed by atoms with Crippen molar-refractivity contribution in [2.45, 2.75) is 71.8 Å². The Bertz CT molecular complexity index is 478. The number of benzene rings is 1. The van der Waals surface area contributed by atoms with Gasteiger partial charge in [0.15, 0.2) is 0 Å². The number of ether oxygens (including phenoxy) is 1. The van der Waals surface area contributed by atoms with Crippen LogP contribution in [0, 0.1) is 0 Å². The summed E-state index contributed by atoms with van der Waals surface area (Å²) in [5.74, 6) is 0.789. The third-order valence-electron chi connectivity index (χ3n) is 3.73. The SMILES string of the molecule is CCCC(O)c1ccc(C(C)(C)C)c(CO[Si](C)C)c1OC. The Hall–Kier alpha value is -0.843. The molecule has 0 aliphatic heterocycles. The topological polar surface area (TPSA) is 38.7 Å². The third kappa shape index (κ3) is 4.83. The van der Waals surface area contributed by atoms with E-state index >= 15 is 0 Å². The molecule has 0 heterocycles. The van der Waals surface area contributed by atoms with E-state index in [0.717, 1.165) is 29.7 Å². The predicted octanol–water partition coefficient (Wildman–Crippen LogP) is 4.59. The standard InChI is InChI=1S/C18H31O3Si/c1-8-9-16(19)13-10-11-15(18(2,3)4)14(17(13)20-5)12-21-22(6)7/h10-11,16,19H,8-9,12H2,1-7H3. The molecule has 0 fully saturated rings. The van der Waals surface area contributed by atoms with E-state index in [1.165, 1.54) is 5.56 Å². The zero-order chi connectivity index (χ0) is 16.9. The van der Waals surface area contributed by atoms with Gasteiger partial charge in [0.2, 0.25) is 9.04 Å². The quantitative estimate of drug-likeness (QED) is 0.746. The monoisotopic (exact) mass is 323 g/mol. The molecule has 1 unspecified atom stereocenters. The fourth-order valence-electron chi connectivity index (χ4n) is 2.64. The molecular weight excluding hydrogens is 292 g/mol. The van der Waals surface area contributed by atoms with Crippen molar-refractivity contribution in [3.8, 4) is 5.75 Å². The maximum absolute atomic E-state index is 10.4. The van der Waals surface area contributed by atoms with E-state index < -0.39 is 15.1 Å². The molecule has 0 saturated carbocycles. The van der Waals surface area contributed by atoms with Crippen LogP contribution in [-0.4, -0.2) is 21.3 Å². The highest BCUT2D eigenvalue weighted by Gasteiger charge is 2.25. The highest BCUT2D eigenvalue weighted by molar-refractivity contribution is 6.48. The van der Waals surface area contributed by atoms with Gasteiger partial charge in [0.25, 0.3) is 0 Å². The second-order valence-electron chi connectivity index (χ2n) is 6.97. The van der Waals surface area contributed by atoms with Gasteiger partial charge in [-0.05, 0) is 30.5 Å². The summed E-state index contributed by atoms with van der Waals surface area (Å²) in [4.78, 5) is 0. The first kappa shape index (κ1) is 19.2. The van der Waals surface area contributed by atoms with Crippen molar-refractivity contribution in [2.24, 2.45) is 0 Å². The largest absolute Gasteiger partial charge is 0.496 e. The highest BCUT2D eigenvalue weighted by Crippen LogP contribution is 2.38. The van der Waals surface area contributed by atoms with E-state index in [9.17, 15) is 5.11 Å². The van der Waals surface area contributed by atoms with E-state index in [2.05, 4.69) is 46.9 Å². The van der Waals surface area contributed by atoms with Crippen LogP contribution >= 0.6 is 0 Å². The Labute approximate surface area is 137 Å². The maximum atomic E-state index is 10.4. The number of aliphatic hydroxyl groups excluding tert-OH is 1. The molecule has 125 valence electrons. The summed E-state index contributed by atoms with van der Waals surface area (Å²) in [5, 5.41) is 10.4. The normalized spacial score (nSPS) is 13.5. The molecule has 0 spiro atoms. The zero-order valence-corrected chi connectivity index (χ0v) is 16.1. The van der Waals surface area contributed by atoms with E-state index in [1.54, 1.807) is 7.11 Å². The van der Waals surface area contributed by atoms with Crippen molar-refractivity contribution < 1.29 is 14.3 Å². The average Bonchev–Trinajstić information content (AvgIpc) is 2.42. The van der Waals surface area contributed by atoms with Crippen LogP contribution in [0.4, 0.5) is 0 Å². The molecule has 4 heteroatoms. The van der Waals surface area contributed by atoms with Crippen molar-refractivity contribution in [3.05, 3.63) is 28.8 Å². The Kier molecular flexibility index (Phi) is 7.10. The predicted molar refractivity (Wildman–Crippen MR) is 93.8 cm³/mol. The lowest BCUT2D eigenvalue weighted by atomic mass is 9.82. The van der Waals surface area contributed by atoms with Gasteiger partial charge in [0, 0.05) is 11.1 Å². The van der Waals surface area contributed by atoms with Gasteiger partial charge in [0.1, 0.15) is 5.75 Å². The smallest absolute Gasteiger partial charge is 0.205 e. The summed E-state index contributed by atoms with van der Waals surface area (Å²) >= 11 is 0. The Morgan fingerprint density at radius 2 is 1.86 bits per heavy atom. The van der Waals surface area contributed by atoms with Gasteiger partial charge in [-0.2, -0.15) is 0 Å². The van der Waals surface area contributed by atoms with Crippen LogP contribution in [0.1, 0.15) is 63.3 Å². The summed E-state index contributed by atoms with van der Waals surface area (Å²) in [6, 6.07) is 4.13. The van der Waals surface area contributed by atoms with Crippen LogP contribution in [0.3, 0.4) is 0 Å². The van der Waals surface area contributed by atoms with Crippen LogP contribution < -0.4 is 4.74 Å². The lowest BCUT2D eigenvalue weighted by Gasteiger charge is -2.27. The molecule has 0 aliphatic carbocycles. The molecular formula is C18H31O3Si. The minimum absolute atomic E-state index is 0.00853. The van der Waals surface area contributed by atoms with Crippen molar-refractivity contribution in [1.29, 1.82) is 0 Å². The van der Waals surface area contributed by atoms with Crippen molar-refractivity contribution in [3.63, 3.8) is 0 Å². The molecule has 0 saturated heterocycles. The van der Waals surface area contributed by atoms with E-state index in [-0.39, 0.29) is 5.41 Å². The molecule has 0 aromatic heterocycles. The number of methoxy groups -OCH3 is 1. The second-order valence-corrected chi connectivity index (χ2v) is 9.07. The van der Waals surface area contributed by atoms with Crippen LogP contribution in [0.25, 0.3) is 0 Å². The fraction of sp³-hybridized carbons (Fsp3) is 0.667. The molecule has 1 aromatic rings. The Balaban J connectivity index is 3.38. The third-order valence-corrected chi connectivity index (χ3v) is 4.45. The molecule has 0 bridgehead atoms. The van der Waals surface area contributed by atoms with Crippen LogP contribution in [-0.2, 0) is 16.4 Å². The van der Waals surface area contributed by atoms with E-state index in [1.807, 2.05) is 6.07 Å². The number of hydrogen-bond donors (Lipinski definition) is 1. The lowest BCUT2D eigenvalue weighted by molar-refractivity contribution is 0.161. The van der Waals surface area contributed by atoms with Gasteiger partial charge in [-0.3, -0.25) is 0 Å². The van der Waals surface area contributed by atoms with Gasteiger partial charge in [-0.25, -0.2) is 0 Å². The highest BCUT2D eigenvalue weighted by atomic mass is 28.3. The molecule has 1 rings (SSSR count). The summed E-state index contributed by atoms with van der Waals surface area (Å²) in [6.45, 7) is 13.5. The first-order valence-corrected chi connectivity index (χ1v) is 10.4. The minimum atomic E-state index is -0.779. The molecule has 1 N–H and O–H groups in total. The maximum Gasteiger partial charge on any atom is 0.205 e. The van der Waals surface area contributed by atoms with Crippen LogP contribution in [0.15, 0.2) is 12.1 Å². The van der Waals surface area contributed by atoms with Gasteiger partial charge >= 0.3 is 0 Å². The van der Waals surface area contributed by atoms with Crippen molar-refractivity contribution in [1.82, 2.24) is 0 Å². The summed E-state index contributed by atoms with van der Waals surface area (Å²) < 4.78 is 11.6. The Morgan fingerprint density at radius 1 is 1.23 bits per heavy atom. The van der Waals surface area contributed by atoms with Crippen LogP contribution in [0.2, 0.25) is 13.1 Å². The molecule has 1 atom stereocenters. The molecule has 3 nitrogen and oxygen atoms in total. The molecule has 0 aliphatic rings.